The monoisotopic (exact) mass is 341 g/mol. The van der Waals surface area contributed by atoms with Crippen molar-refractivity contribution < 1.29 is 24.9 Å². The lowest BCUT2D eigenvalue weighted by molar-refractivity contribution is -0.142. The van der Waals surface area contributed by atoms with E-state index in [-0.39, 0.29) is 0 Å². The number of nitrogens with one attached hydrogen (secondary N) is 1. The molecule has 1 aliphatic heterocycles. The summed E-state index contributed by atoms with van der Waals surface area (Å²) in [7, 11) is 0. The molecule has 0 spiro atoms. The minimum atomic E-state index is -1.74. The molecular weight excluding hydrogens is 322 g/mol. The standard InChI is InChI=1S/C14H19N3O5S/c15-17(8-10(18)19)14(22)12(23-14)11(20)13(21)16-7-6-9-4-2-1-3-5-9/h1-5,11-12,20,22H,6-8,15H2,(H,16,21)(H,18,19)/t11-,12+,14?/m0/s1. The van der Waals surface area contributed by atoms with Gasteiger partial charge in [-0.3, -0.25) is 15.4 Å². The Labute approximate surface area is 137 Å². The van der Waals surface area contributed by atoms with Crippen LogP contribution in [0.2, 0.25) is 0 Å². The van der Waals surface area contributed by atoms with E-state index in [1.54, 1.807) is 0 Å². The van der Waals surface area contributed by atoms with Crippen molar-refractivity contribution in [2.75, 3.05) is 13.1 Å². The van der Waals surface area contributed by atoms with Gasteiger partial charge in [0.05, 0.1) is 5.25 Å². The third-order valence-corrected chi connectivity index (χ3v) is 4.86. The Hall–Kier alpha value is -1.65. The summed E-state index contributed by atoms with van der Waals surface area (Å²) in [6, 6.07) is 9.54. The fourth-order valence-electron chi connectivity index (χ4n) is 2.13. The highest BCUT2D eigenvalue weighted by Gasteiger charge is 2.63. The number of aliphatic hydroxyl groups excluding tert-OH is 1. The van der Waals surface area contributed by atoms with Crippen molar-refractivity contribution in [3.8, 4) is 0 Å². The molecule has 1 aliphatic rings. The van der Waals surface area contributed by atoms with Crippen molar-refractivity contribution >= 4 is 23.6 Å². The molecule has 0 radical (unpaired) electrons. The van der Waals surface area contributed by atoms with Crippen LogP contribution in [0.5, 0.6) is 0 Å². The number of carboxylic acids is 1. The number of hydrazine groups is 1. The number of aliphatic carboxylic acids is 1. The number of hydrogen-bond acceptors (Lipinski definition) is 7. The van der Waals surface area contributed by atoms with Crippen LogP contribution in [0.25, 0.3) is 0 Å². The number of benzene rings is 1. The van der Waals surface area contributed by atoms with Crippen molar-refractivity contribution in [1.29, 1.82) is 0 Å². The number of carbonyl (C=O) groups excluding carboxylic acids is 1. The van der Waals surface area contributed by atoms with Crippen LogP contribution in [-0.4, -0.2) is 61.7 Å². The van der Waals surface area contributed by atoms with Crippen molar-refractivity contribution in [1.82, 2.24) is 10.3 Å². The number of thioether (sulfide) groups is 1. The van der Waals surface area contributed by atoms with Crippen LogP contribution in [0.3, 0.4) is 0 Å². The first kappa shape index (κ1) is 17.7. The Morgan fingerprint density at radius 3 is 2.65 bits per heavy atom. The highest BCUT2D eigenvalue weighted by molar-refractivity contribution is 8.08. The Morgan fingerprint density at radius 2 is 2.04 bits per heavy atom. The molecule has 1 fully saturated rings. The van der Waals surface area contributed by atoms with E-state index in [1.165, 1.54) is 0 Å². The molecule has 23 heavy (non-hydrogen) atoms. The molecule has 8 nitrogen and oxygen atoms in total. The first-order valence-corrected chi connectivity index (χ1v) is 7.86. The average molecular weight is 341 g/mol. The second-order valence-electron chi connectivity index (χ2n) is 5.19. The summed E-state index contributed by atoms with van der Waals surface area (Å²) in [5.41, 5.74) is 1.05. The number of carbonyl (C=O) groups is 2. The summed E-state index contributed by atoms with van der Waals surface area (Å²) >= 11 is 0.838. The van der Waals surface area contributed by atoms with Gasteiger partial charge in [0.1, 0.15) is 12.6 Å². The van der Waals surface area contributed by atoms with E-state index in [1.807, 2.05) is 30.3 Å². The lowest BCUT2D eigenvalue weighted by Crippen LogP contribution is -2.51. The third-order valence-electron chi connectivity index (χ3n) is 3.44. The molecule has 0 aromatic heterocycles. The van der Waals surface area contributed by atoms with Gasteiger partial charge in [0.15, 0.2) is 5.06 Å². The molecule has 1 heterocycles. The Bertz CT molecular complexity index is 573. The van der Waals surface area contributed by atoms with Crippen LogP contribution in [0, 0.1) is 0 Å². The second-order valence-corrected chi connectivity index (χ2v) is 6.53. The van der Waals surface area contributed by atoms with Gasteiger partial charge in [-0.05, 0) is 12.0 Å². The Balaban J connectivity index is 1.78. The van der Waals surface area contributed by atoms with Crippen molar-refractivity contribution in [2.45, 2.75) is 22.8 Å². The van der Waals surface area contributed by atoms with Gasteiger partial charge in [0, 0.05) is 6.54 Å². The predicted octanol–water partition coefficient (Wildman–Crippen LogP) is -1.27. The molecule has 9 heteroatoms. The molecule has 126 valence electrons. The van der Waals surface area contributed by atoms with E-state index >= 15 is 0 Å². The number of nitrogens with two attached hydrogens (primary N) is 1. The number of rotatable bonds is 8. The number of hydrogen-bond donors (Lipinski definition) is 5. The van der Waals surface area contributed by atoms with E-state index in [0.717, 1.165) is 17.3 Å². The average Bonchev–Trinajstić information content (AvgIpc) is 3.20. The van der Waals surface area contributed by atoms with Crippen LogP contribution < -0.4 is 11.2 Å². The minimum absolute atomic E-state index is 0.344. The molecule has 0 bridgehead atoms. The Kier molecular flexibility index (Phi) is 5.60. The van der Waals surface area contributed by atoms with Crippen LogP contribution in [0.1, 0.15) is 5.56 Å². The molecule has 3 atom stereocenters. The van der Waals surface area contributed by atoms with E-state index < -0.39 is 34.8 Å². The molecule has 1 saturated heterocycles. The first-order chi connectivity index (χ1) is 10.8. The van der Waals surface area contributed by atoms with E-state index in [4.69, 9.17) is 10.9 Å². The van der Waals surface area contributed by atoms with E-state index in [9.17, 15) is 19.8 Å². The summed E-state index contributed by atoms with van der Waals surface area (Å²) < 4.78 is 0. The maximum Gasteiger partial charge on any atom is 0.319 e. The zero-order chi connectivity index (χ0) is 17.0. The van der Waals surface area contributed by atoms with Crippen molar-refractivity contribution in [2.24, 2.45) is 5.84 Å². The molecule has 1 amide bonds. The third kappa shape index (κ3) is 4.43. The van der Waals surface area contributed by atoms with E-state index in [0.29, 0.717) is 18.0 Å². The fourth-order valence-corrected chi connectivity index (χ4v) is 3.15. The molecule has 0 saturated carbocycles. The van der Waals surface area contributed by atoms with Crippen LogP contribution >= 0.6 is 11.8 Å². The van der Waals surface area contributed by atoms with Gasteiger partial charge in [-0.2, -0.15) is 5.01 Å². The number of carboxylic acid groups (broad SMARTS) is 1. The lowest BCUT2D eigenvalue weighted by Gasteiger charge is -2.21. The SMILES string of the molecule is NN(CC(=O)O)C1(O)S[C@@H]1[C@H](O)C(=O)NCCc1ccccc1. The van der Waals surface area contributed by atoms with Gasteiger partial charge in [0.25, 0.3) is 0 Å². The minimum Gasteiger partial charge on any atom is -0.480 e. The molecule has 1 aromatic rings. The highest BCUT2D eigenvalue weighted by atomic mass is 32.2. The van der Waals surface area contributed by atoms with Crippen molar-refractivity contribution in [3.63, 3.8) is 0 Å². The number of nitrogens with zero attached hydrogens (tertiary/aromatic N) is 1. The molecule has 1 aromatic carbocycles. The molecule has 6 N–H and O–H groups in total. The fraction of sp³-hybridized carbons (Fsp3) is 0.429. The van der Waals surface area contributed by atoms with E-state index in [2.05, 4.69) is 5.32 Å². The number of amides is 1. The molecular formula is C14H19N3O5S. The number of aliphatic hydroxyl groups is 2. The Morgan fingerprint density at radius 1 is 1.39 bits per heavy atom. The van der Waals surface area contributed by atoms with Crippen LogP contribution in [0.4, 0.5) is 0 Å². The summed E-state index contributed by atoms with van der Waals surface area (Å²) in [5, 5.41) is 29.3. The van der Waals surface area contributed by atoms with Gasteiger partial charge < -0.3 is 20.6 Å². The smallest absolute Gasteiger partial charge is 0.319 e. The first-order valence-electron chi connectivity index (χ1n) is 6.98. The van der Waals surface area contributed by atoms with Crippen molar-refractivity contribution in [3.05, 3.63) is 35.9 Å². The van der Waals surface area contributed by atoms with Gasteiger partial charge in [-0.15, -0.1) is 0 Å². The van der Waals surface area contributed by atoms with Gasteiger partial charge >= 0.3 is 5.97 Å². The lowest BCUT2D eigenvalue weighted by atomic mass is 10.1. The summed E-state index contributed by atoms with van der Waals surface area (Å²) in [4.78, 5) is 22.5. The maximum atomic E-state index is 11.9. The van der Waals surface area contributed by atoms with Gasteiger partial charge in [-0.25, -0.2) is 0 Å². The van der Waals surface area contributed by atoms with Crippen LogP contribution in [0.15, 0.2) is 30.3 Å². The largest absolute Gasteiger partial charge is 0.480 e. The zero-order valence-corrected chi connectivity index (χ0v) is 13.1. The summed E-state index contributed by atoms with van der Waals surface area (Å²) in [6.07, 6.45) is -0.857. The normalized spacial score (nSPS) is 24.3. The highest BCUT2D eigenvalue weighted by Crippen LogP contribution is 2.54. The second kappa shape index (κ2) is 7.28. The summed E-state index contributed by atoms with van der Waals surface area (Å²) in [5.74, 6) is 3.62. The maximum absolute atomic E-state index is 11.9. The molecule has 2 rings (SSSR count). The molecule has 0 aliphatic carbocycles. The zero-order valence-electron chi connectivity index (χ0n) is 12.3. The quantitative estimate of drug-likeness (QED) is 0.171. The van der Waals surface area contributed by atoms with Gasteiger partial charge in [-0.1, -0.05) is 42.1 Å². The predicted molar refractivity (Wildman–Crippen MR) is 84.0 cm³/mol. The van der Waals surface area contributed by atoms with Gasteiger partial charge in [0.2, 0.25) is 5.91 Å². The summed E-state index contributed by atoms with van der Waals surface area (Å²) in [6.45, 7) is -0.250. The topological polar surface area (TPSA) is 136 Å². The van der Waals surface area contributed by atoms with Crippen LogP contribution in [-0.2, 0) is 16.0 Å². The molecule has 1 unspecified atom stereocenters.